The first-order valence-corrected chi connectivity index (χ1v) is 11.0. The van der Waals surface area contributed by atoms with Gasteiger partial charge in [0.25, 0.3) is 5.95 Å². The molecule has 0 fully saturated rings. The Morgan fingerprint density at radius 3 is 2.44 bits per heavy atom. The van der Waals surface area contributed by atoms with E-state index in [0.717, 1.165) is 35.3 Å². The zero-order valence-corrected chi connectivity index (χ0v) is 18.9. The van der Waals surface area contributed by atoms with Crippen LogP contribution in [0.1, 0.15) is 27.8 Å². The molecule has 0 aliphatic rings. The molecule has 2 heterocycles. The van der Waals surface area contributed by atoms with Crippen LogP contribution in [0.15, 0.2) is 65.8 Å². The molecule has 0 aliphatic heterocycles. The summed E-state index contributed by atoms with van der Waals surface area (Å²) in [6.07, 6.45) is -4.52. The van der Waals surface area contributed by atoms with Gasteiger partial charge in [0.2, 0.25) is 11.1 Å². The molecule has 2 aromatic heterocycles. The largest absolute Gasteiger partial charge is 0.416 e. The molecule has 1 amide bonds. The van der Waals surface area contributed by atoms with Gasteiger partial charge in [0.05, 0.1) is 11.3 Å². The molecule has 4 aromatic rings. The van der Waals surface area contributed by atoms with Gasteiger partial charge in [-0.3, -0.25) is 4.79 Å². The van der Waals surface area contributed by atoms with E-state index in [-0.39, 0.29) is 16.8 Å². The Hall–Kier alpha value is -3.80. The fraction of sp³-hybridized carbons (Fsp3) is 0.182. The van der Waals surface area contributed by atoms with Crippen molar-refractivity contribution in [2.45, 2.75) is 30.4 Å². The summed E-state index contributed by atoms with van der Waals surface area (Å²) in [5.74, 6) is 5.94. The predicted molar refractivity (Wildman–Crippen MR) is 122 cm³/mol. The lowest BCUT2D eigenvalue weighted by Gasteiger charge is -2.17. The van der Waals surface area contributed by atoms with E-state index in [1.807, 2.05) is 19.9 Å². The molecule has 3 N–H and O–H groups in total. The lowest BCUT2D eigenvalue weighted by Crippen LogP contribution is -2.21. The van der Waals surface area contributed by atoms with Crippen molar-refractivity contribution in [3.8, 4) is 5.95 Å². The van der Waals surface area contributed by atoms with Crippen molar-refractivity contribution in [1.29, 1.82) is 0 Å². The van der Waals surface area contributed by atoms with Crippen LogP contribution in [0.3, 0.4) is 0 Å². The number of nitrogens with two attached hydrogens (primary N) is 1. The molecule has 0 aliphatic carbocycles. The summed E-state index contributed by atoms with van der Waals surface area (Å²) in [6.45, 7) is 3.68. The molecule has 2 aromatic carbocycles. The average molecular weight is 488 g/mol. The van der Waals surface area contributed by atoms with E-state index in [0.29, 0.717) is 5.56 Å². The number of nitrogens with zero attached hydrogens (tertiary/aromatic N) is 5. The number of aromatic nitrogens is 5. The van der Waals surface area contributed by atoms with Gasteiger partial charge >= 0.3 is 6.18 Å². The van der Waals surface area contributed by atoms with Crippen molar-refractivity contribution in [3.05, 3.63) is 83.2 Å². The molecule has 12 heteroatoms. The summed E-state index contributed by atoms with van der Waals surface area (Å²) in [6, 6.07) is 15.1. The van der Waals surface area contributed by atoms with Gasteiger partial charge in [0.15, 0.2) is 0 Å². The molecule has 0 saturated carbocycles. The van der Waals surface area contributed by atoms with Crippen LogP contribution in [-0.2, 0) is 11.0 Å². The molecule has 0 bridgehead atoms. The fourth-order valence-corrected chi connectivity index (χ4v) is 4.27. The van der Waals surface area contributed by atoms with Gasteiger partial charge < -0.3 is 11.2 Å². The zero-order valence-electron chi connectivity index (χ0n) is 18.1. The molecule has 1 unspecified atom stereocenters. The molecule has 0 saturated heterocycles. The molecule has 8 nitrogen and oxygen atoms in total. The van der Waals surface area contributed by atoms with Gasteiger partial charge in [0.1, 0.15) is 5.25 Å². The highest BCUT2D eigenvalue weighted by Gasteiger charge is 2.31. The number of carbonyl (C=O) groups is 1. The highest BCUT2D eigenvalue weighted by atomic mass is 32.2. The number of rotatable bonds is 6. The van der Waals surface area contributed by atoms with Crippen molar-refractivity contribution in [1.82, 2.24) is 24.7 Å². The lowest BCUT2D eigenvalue weighted by atomic mass is 10.1. The van der Waals surface area contributed by atoms with Gasteiger partial charge in [0, 0.05) is 11.4 Å². The SMILES string of the molecule is Cc1cc(C)n(-c2nnc(SC(C(=O)Nc3cccc(C(F)(F)F)c3)c3ccccc3)n2N)n1. The third kappa shape index (κ3) is 4.91. The topological polar surface area (TPSA) is 104 Å². The van der Waals surface area contributed by atoms with Crippen molar-refractivity contribution in [3.63, 3.8) is 0 Å². The van der Waals surface area contributed by atoms with Crippen LogP contribution in [0.25, 0.3) is 5.95 Å². The van der Waals surface area contributed by atoms with Crippen molar-refractivity contribution < 1.29 is 18.0 Å². The number of aryl methyl sites for hydroxylation is 2. The Bertz CT molecular complexity index is 1320. The van der Waals surface area contributed by atoms with E-state index in [2.05, 4.69) is 20.6 Å². The van der Waals surface area contributed by atoms with E-state index in [1.165, 1.54) is 21.5 Å². The van der Waals surface area contributed by atoms with Crippen LogP contribution in [0, 0.1) is 13.8 Å². The third-order valence-electron chi connectivity index (χ3n) is 4.87. The normalized spacial score (nSPS) is 12.5. The minimum absolute atomic E-state index is 0.0268. The fourth-order valence-electron chi connectivity index (χ4n) is 3.31. The van der Waals surface area contributed by atoms with Crippen molar-refractivity contribution in [2.75, 3.05) is 11.2 Å². The first kappa shape index (κ1) is 23.4. The lowest BCUT2D eigenvalue weighted by molar-refractivity contribution is -0.137. The van der Waals surface area contributed by atoms with Crippen LogP contribution in [0.5, 0.6) is 0 Å². The van der Waals surface area contributed by atoms with Crippen molar-refractivity contribution >= 4 is 23.4 Å². The van der Waals surface area contributed by atoms with Crippen LogP contribution in [0.2, 0.25) is 0 Å². The van der Waals surface area contributed by atoms with E-state index >= 15 is 0 Å². The van der Waals surface area contributed by atoms with E-state index < -0.39 is 22.9 Å². The Morgan fingerprint density at radius 1 is 1.06 bits per heavy atom. The number of thioether (sulfide) groups is 1. The minimum Gasteiger partial charge on any atom is -0.334 e. The van der Waals surface area contributed by atoms with Crippen LogP contribution < -0.4 is 11.2 Å². The Kier molecular flexibility index (Phi) is 6.33. The van der Waals surface area contributed by atoms with E-state index in [1.54, 1.807) is 30.3 Å². The average Bonchev–Trinajstić information content (AvgIpc) is 3.32. The first-order valence-electron chi connectivity index (χ1n) is 10.1. The number of benzene rings is 2. The first-order chi connectivity index (χ1) is 16.1. The number of amides is 1. The summed E-state index contributed by atoms with van der Waals surface area (Å²) < 4.78 is 42.0. The number of carbonyl (C=O) groups excluding carboxylic acids is 1. The van der Waals surface area contributed by atoms with Crippen LogP contribution >= 0.6 is 11.8 Å². The second kappa shape index (κ2) is 9.21. The number of hydrogen-bond donors (Lipinski definition) is 2. The van der Waals surface area contributed by atoms with Crippen LogP contribution in [0.4, 0.5) is 18.9 Å². The molecule has 34 heavy (non-hydrogen) atoms. The number of halogens is 3. The smallest absolute Gasteiger partial charge is 0.334 e. The van der Waals surface area contributed by atoms with Gasteiger partial charge in [-0.1, -0.05) is 48.2 Å². The van der Waals surface area contributed by atoms with Gasteiger partial charge in [-0.2, -0.15) is 18.3 Å². The third-order valence-corrected chi connectivity index (χ3v) is 6.08. The number of hydrogen-bond acceptors (Lipinski definition) is 6. The molecule has 0 spiro atoms. The molecule has 176 valence electrons. The highest BCUT2D eigenvalue weighted by molar-refractivity contribution is 8.00. The van der Waals surface area contributed by atoms with Gasteiger partial charge in [-0.05, 0) is 43.7 Å². The highest BCUT2D eigenvalue weighted by Crippen LogP contribution is 2.36. The molecule has 0 radical (unpaired) electrons. The Morgan fingerprint density at radius 2 is 1.79 bits per heavy atom. The molecular formula is C22H20F3N7OS. The maximum atomic E-state index is 13.2. The number of alkyl halides is 3. The summed E-state index contributed by atoms with van der Waals surface area (Å²) in [4.78, 5) is 13.2. The van der Waals surface area contributed by atoms with E-state index in [4.69, 9.17) is 5.84 Å². The van der Waals surface area contributed by atoms with Crippen LogP contribution in [-0.4, -0.2) is 30.6 Å². The zero-order chi connectivity index (χ0) is 24.5. The predicted octanol–water partition coefficient (Wildman–Crippen LogP) is 4.29. The Labute approximate surface area is 197 Å². The van der Waals surface area contributed by atoms with Crippen molar-refractivity contribution in [2.24, 2.45) is 0 Å². The molecule has 1 atom stereocenters. The maximum absolute atomic E-state index is 13.2. The molecular weight excluding hydrogens is 467 g/mol. The number of nitrogens with one attached hydrogen (secondary N) is 1. The van der Waals surface area contributed by atoms with E-state index in [9.17, 15) is 18.0 Å². The Balaban J connectivity index is 1.63. The number of nitrogen functional groups attached to an aromatic ring is 1. The molecule has 4 rings (SSSR count). The minimum atomic E-state index is -4.52. The number of anilines is 1. The van der Waals surface area contributed by atoms with Gasteiger partial charge in [-0.25, -0.2) is 9.36 Å². The second-order valence-electron chi connectivity index (χ2n) is 7.47. The standard InChI is InChI=1S/C22H20F3N7OS/c1-13-11-14(2)32(30-13)20-28-29-21(31(20)26)34-18(15-7-4-3-5-8-15)19(33)27-17-10-6-9-16(12-17)22(23,24)25/h3-12,18H,26H2,1-2H3,(H,27,33). The summed E-state index contributed by atoms with van der Waals surface area (Å²) in [5, 5.41) is 14.5. The van der Waals surface area contributed by atoms with Gasteiger partial charge in [-0.15, -0.1) is 10.2 Å². The monoisotopic (exact) mass is 487 g/mol. The second-order valence-corrected chi connectivity index (χ2v) is 8.54. The summed E-state index contributed by atoms with van der Waals surface area (Å²) in [7, 11) is 0. The quantitative estimate of drug-likeness (QED) is 0.311. The summed E-state index contributed by atoms with van der Waals surface area (Å²) >= 11 is 1.02. The maximum Gasteiger partial charge on any atom is 0.416 e. The summed E-state index contributed by atoms with van der Waals surface area (Å²) in [5.41, 5.74) is 1.37.